The molecule has 2 aromatic heterocycles. The van der Waals surface area contributed by atoms with Gasteiger partial charge < -0.3 is 4.98 Å². The summed E-state index contributed by atoms with van der Waals surface area (Å²) in [6.07, 6.45) is 0. The molecule has 1 N–H and O–H groups in total. The fraction of sp³-hybridized carbons (Fsp3) is 0.500. The average Bonchev–Trinajstić information content (AvgIpc) is 2.55. The highest BCUT2D eigenvalue weighted by Gasteiger charge is 2.01. The summed E-state index contributed by atoms with van der Waals surface area (Å²) in [6.45, 7) is 16.4. The zero-order valence-electron chi connectivity index (χ0n) is 13.4. The normalized spacial score (nSPS) is 10.1. The van der Waals surface area contributed by atoms with E-state index in [9.17, 15) is 0 Å². The number of aryl methyl sites for hydroxylation is 6. The van der Waals surface area contributed by atoms with Crippen LogP contribution in [-0.2, 0) is 0 Å². The molecule has 0 bridgehead atoms. The number of H-pyrrole nitrogens is 1. The van der Waals surface area contributed by atoms with Crippen molar-refractivity contribution in [2.75, 3.05) is 0 Å². The zero-order chi connectivity index (χ0) is 14.7. The number of rotatable bonds is 0. The van der Waals surface area contributed by atoms with Crippen LogP contribution >= 0.6 is 0 Å². The lowest BCUT2D eigenvalue weighted by Gasteiger charge is -2.01. The third-order valence-electron chi connectivity index (χ3n) is 3.78. The first-order valence-electron chi connectivity index (χ1n) is 6.64. The van der Waals surface area contributed by atoms with Crippen LogP contribution in [-0.4, -0.2) is 15.0 Å². The Morgan fingerprint density at radius 2 is 0.789 bits per heavy atom. The first kappa shape index (κ1) is 15.4. The summed E-state index contributed by atoms with van der Waals surface area (Å²) in [6, 6.07) is 0. The lowest BCUT2D eigenvalue weighted by atomic mass is 10.2. The minimum absolute atomic E-state index is 1.03. The van der Waals surface area contributed by atoms with Gasteiger partial charge in [-0.25, -0.2) is 0 Å². The van der Waals surface area contributed by atoms with E-state index in [-0.39, 0.29) is 0 Å². The van der Waals surface area contributed by atoms with Crippen LogP contribution < -0.4 is 0 Å². The van der Waals surface area contributed by atoms with Crippen LogP contribution in [0.2, 0.25) is 0 Å². The lowest BCUT2D eigenvalue weighted by molar-refractivity contribution is 0.959. The first-order valence-corrected chi connectivity index (χ1v) is 6.64. The van der Waals surface area contributed by atoms with E-state index in [1.807, 2.05) is 27.7 Å². The Hall–Kier alpha value is -1.64. The molecule has 2 rings (SSSR count). The van der Waals surface area contributed by atoms with E-state index < -0.39 is 0 Å². The quantitative estimate of drug-likeness (QED) is 0.778. The Morgan fingerprint density at radius 1 is 0.526 bits per heavy atom. The topological polar surface area (TPSA) is 41.6 Å². The molecule has 2 aromatic rings. The van der Waals surface area contributed by atoms with Gasteiger partial charge in [-0.2, -0.15) is 0 Å². The van der Waals surface area contributed by atoms with Crippen LogP contribution in [0.3, 0.4) is 0 Å². The fourth-order valence-corrected chi connectivity index (χ4v) is 1.86. The minimum Gasteiger partial charge on any atom is -0.362 e. The van der Waals surface area contributed by atoms with Gasteiger partial charge in [-0.3, -0.25) is 9.97 Å². The number of aromatic nitrogens is 3. The highest BCUT2D eigenvalue weighted by atomic mass is 14.8. The summed E-state index contributed by atoms with van der Waals surface area (Å²) in [5, 5.41) is 0. The molecule has 0 spiro atoms. The van der Waals surface area contributed by atoms with Gasteiger partial charge >= 0.3 is 0 Å². The van der Waals surface area contributed by atoms with E-state index >= 15 is 0 Å². The van der Waals surface area contributed by atoms with E-state index in [0.29, 0.717) is 0 Å². The van der Waals surface area contributed by atoms with Crippen LogP contribution in [0.15, 0.2) is 0 Å². The largest absolute Gasteiger partial charge is 0.362 e. The second-order valence-corrected chi connectivity index (χ2v) is 5.19. The molecule has 0 saturated carbocycles. The number of aromatic amines is 1. The first-order chi connectivity index (χ1) is 8.73. The van der Waals surface area contributed by atoms with Gasteiger partial charge in [0.25, 0.3) is 0 Å². The van der Waals surface area contributed by atoms with E-state index in [4.69, 9.17) is 0 Å². The van der Waals surface area contributed by atoms with Crippen LogP contribution in [0.1, 0.15) is 45.3 Å². The molecule has 0 fully saturated rings. The van der Waals surface area contributed by atoms with Crippen molar-refractivity contribution in [3.8, 4) is 0 Å². The number of nitrogens with zero attached hydrogens (tertiary/aromatic N) is 2. The average molecular weight is 259 g/mol. The van der Waals surface area contributed by atoms with E-state index in [1.165, 1.54) is 22.5 Å². The van der Waals surface area contributed by atoms with Crippen LogP contribution in [0.25, 0.3) is 0 Å². The number of nitrogens with one attached hydrogen (secondary N) is 1. The molecular formula is C16H25N3. The van der Waals surface area contributed by atoms with Gasteiger partial charge in [-0.15, -0.1) is 0 Å². The highest BCUT2D eigenvalue weighted by molar-refractivity contribution is 5.32. The molecule has 3 nitrogen and oxygen atoms in total. The maximum atomic E-state index is 4.31. The zero-order valence-corrected chi connectivity index (χ0v) is 13.4. The number of hydrogen-bond donors (Lipinski definition) is 1. The van der Waals surface area contributed by atoms with Crippen LogP contribution in [0.4, 0.5) is 0 Å². The maximum Gasteiger partial charge on any atom is 0.0588 e. The standard InChI is InChI=1S/C8H12N2.C8H13N/c1-5-6(2)10-8(4)7(3)9-5;1-5-6(2)8(4)9-7(5)3/h1-4H3;9H,1-4H3. The Balaban J connectivity index is 0.000000191. The van der Waals surface area contributed by atoms with Gasteiger partial charge in [0.15, 0.2) is 0 Å². The van der Waals surface area contributed by atoms with E-state index in [1.54, 1.807) is 0 Å². The number of hydrogen-bond acceptors (Lipinski definition) is 2. The molecule has 0 aliphatic rings. The van der Waals surface area contributed by atoms with Crippen molar-refractivity contribution in [1.29, 1.82) is 0 Å². The maximum absolute atomic E-state index is 4.31. The van der Waals surface area contributed by atoms with Gasteiger partial charge in [0.1, 0.15) is 0 Å². The predicted octanol–water partition coefficient (Wildman–Crippen LogP) is 3.96. The van der Waals surface area contributed by atoms with Gasteiger partial charge in [0.2, 0.25) is 0 Å². The van der Waals surface area contributed by atoms with Crippen molar-refractivity contribution in [3.05, 3.63) is 45.3 Å². The van der Waals surface area contributed by atoms with Crippen LogP contribution in [0, 0.1) is 55.4 Å². The Morgan fingerprint density at radius 3 is 0.947 bits per heavy atom. The van der Waals surface area contributed by atoms with Gasteiger partial charge in [-0.1, -0.05) is 0 Å². The molecule has 19 heavy (non-hydrogen) atoms. The van der Waals surface area contributed by atoms with Crippen molar-refractivity contribution in [1.82, 2.24) is 15.0 Å². The van der Waals surface area contributed by atoms with Crippen molar-refractivity contribution in [3.63, 3.8) is 0 Å². The fourth-order valence-electron chi connectivity index (χ4n) is 1.86. The molecule has 3 heteroatoms. The smallest absolute Gasteiger partial charge is 0.0588 e. The minimum atomic E-state index is 1.03. The Bertz CT molecular complexity index is 507. The van der Waals surface area contributed by atoms with E-state index in [0.717, 1.165) is 22.8 Å². The Labute approximate surface area is 116 Å². The molecule has 0 saturated heterocycles. The predicted molar refractivity (Wildman–Crippen MR) is 80.7 cm³/mol. The van der Waals surface area contributed by atoms with Gasteiger partial charge in [0.05, 0.1) is 22.8 Å². The van der Waals surface area contributed by atoms with Crippen LogP contribution in [0.5, 0.6) is 0 Å². The van der Waals surface area contributed by atoms with Crippen molar-refractivity contribution in [2.24, 2.45) is 0 Å². The summed E-state index contributed by atoms with van der Waals surface area (Å²) in [7, 11) is 0. The Kier molecular flexibility index (Phi) is 4.87. The van der Waals surface area contributed by atoms with Gasteiger partial charge in [0, 0.05) is 11.4 Å². The van der Waals surface area contributed by atoms with Gasteiger partial charge in [-0.05, 0) is 66.5 Å². The second kappa shape index (κ2) is 6.00. The lowest BCUT2D eigenvalue weighted by Crippen LogP contribution is -1.97. The summed E-state index contributed by atoms with van der Waals surface area (Å²) in [4.78, 5) is 11.9. The molecule has 104 valence electrons. The van der Waals surface area contributed by atoms with E-state index in [2.05, 4.69) is 42.6 Å². The van der Waals surface area contributed by atoms with Crippen molar-refractivity contribution in [2.45, 2.75) is 55.4 Å². The molecule has 0 aliphatic heterocycles. The molecule has 0 radical (unpaired) electrons. The molecule has 0 unspecified atom stereocenters. The molecule has 2 heterocycles. The third kappa shape index (κ3) is 3.66. The monoisotopic (exact) mass is 259 g/mol. The SMILES string of the molecule is Cc1[nH]c(C)c(C)c1C.Cc1nc(C)c(C)nc1C. The summed E-state index contributed by atoms with van der Waals surface area (Å²) in [5.41, 5.74) is 9.51. The van der Waals surface area contributed by atoms with Crippen molar-refractivity contribution < 1.29 is 0 Å². The summed E-state index contributed by atoms with van der Waals surface area (Å²) < 4.78 is 0. The molecule has 0 amide bonds. The molecular weight excluding hydrogens is 234 g/mol. The highest BCUT2D eigenvalue weighted by Crippen LogP contribution is 2.14. The second-order valence-electron chi connectivity index (χ2n) is 5.19. The third-order valence-corrected chi connectivity index (χ3v) is 3.78. The molecule has 0 atom stereocenters. The van der Waals surface area contributed by atoms with Crippen molar-refractivity contribution >= 4 is 0 Å². The molecule has 0 aromatic carbocycles. The summed E-state index contributed by atoms with van der Waals surface area (Å²) in [5.74, 6) is 0. The molecule has 0 aliphatic carbocycles. The summed E-state index contributed by atoms with van der Waals surface area (Å²) >= 11 is 0.